The third-order valence-electron chi connectivity index (χ3n) is 6.67. The Hall–Kier alpha value is -2.94. The predicted molar refractivity (Wildman–Crippen MR) is 161 cm³/mol. The van der Waals surface area contributed by atoms with Gasteiger partial charge in [-0.1, -0.05) is 62.2 Å². The van der Waals surface area contributed by atoms with E-state index >= 15 is 0 Å². The molecule has 0 bridgehead atoms. The second-order valence-corrected chi connectivity index (χ2v) is 11.6. The van der Waals surface area contributed by atoms with Crippen LogP contribution in [0.5, 0.6) is 5.75 Å². The monoisotopic (exact) mass is 613 g/mol. The molecule has 0 aromatic heterocycles. The zero-order valence-corrected chi connectivity index (χ0v) is 27.0. The molecular formula is C37H35Cl2OTi-2. The van der Waals surface area contributed by atoms with Gasteiger partial charge in [0.25, 0.3) is 0 Å². The van der Waals surface area contributed by atoms with Crippen LogP contribution >= 0.6 is 0 Å². The smallest absolute Gasteiger partial charge is 0.0253 e. The first kappa shape index (κ1) is 34.3. The Morgan fingerprint density at radius 2 is 1.24 bits per heavy atom. The van der Waals surface area contributed by atoms with E-state index in [1.807, 2.05) is 31.2 Å². The molecule has 0 aliphatic heterocycles. The Labute approximate surface area is 269 Å². The summed E-state index contributed by atoms with van der Waals surface area (Å²) in [5, 5.41) is 9.36. The maximum atomic E-state index is 9.36. The Kier molecular flexibility index (Phi) is 13.3. The second kappa shape index (κ2) is 15.9. The van der Waals surface area contributed by atoms with Gasteiger partial charge in [0.1, 0.15) is 5.75 Å². The fourth-order valence-corrected chi connectivity index (χ4v) is 5.09. The van der Waals surface area contributed by atoms with Crippen LogP contribution in [0, 0.1) is 13.0 Å². The summed E-state index contributed by atoms with van der Waals surface area (Å²) in [5.74, 6) is 0.361. The molecular weight excluding hydrogens is 579 g/mol. The molecule has 209 valence electrons. The van der Waals surface area contributed by atoms with Crippen molar-refractivity contribution in [3.63, 3.8) is 0 Å². The number of aromatic hydroxyl groups is 1. The van der Waals surface area contributed by atoms with Crippen LogP contribution in [0.3, 0.4) is 0 Å². The average Bonchev–Trinajstić information content (AvgIpc) is 3.32. The number of phenols is 1. The van der Waals surface area contributed by atoms with Gasteiger partial charge in [-0.15, -0.1) is 5.56 Å². The third-order valence-corrected chi connectivity index (χ3v) is 7.57. The van der Waals surface area contributed by atoms with E-state index in [0.717, 1.165) is 12.0 Å². The first-order valence-corrected chi connectivity index (χ1v) is 14.1. The molecule has 0 radical (unpaired) electrons. The van der Waals surface area contributed by atoms with Gasteiger partial charge in [0.15, 0.2) is 0 Å². The molecule has 1 aliphatic carbocycles. The van der Waals surface area contributed by atoms with Gasteiger partial charge in [0.2, 0.25) is 0 Å². The maximum Gasteiger partial charge on any atom is -0.0253 e. The number of fused-ring (bicyclic) bond motifs is 3. The van der Waals surface area contributed by atoms with Crippen LogP contribution in [0.1, 0.15) is 54.2 Å². The number of benzene rings is 5. The molecule has 1 N–H and O–H groups in total. The fourth-order valence-electron chi connectivity index (χ4n) is 4.57. The van der Waals surface area contributed by atoms with E-state index in [1.165, 1.54) is 42.8 Å². The van der Waals surface area contributed by atoms with Gasteiger partial charge in [-0.2, -0.15) is 29.8 Å². The first-order chi connectivity index (χ1) is 18.7. The van der Waals surface area contributed by atoms with Gasteiger partial charge >= 0.3 is 95.6 Å². The fraction of sp³-hybridized carbons (Fsp3) is 0.162. The molecule has 0 spiro atoms. The van der Waals surface area contributed by atoms with Crippen LogP contribution in [0.15, 0.2) is 121 Å². The van der Waals surface area contributed by atoms with Crippen LogP contribution < -0.4 is 24.8 Å². The van der Waals surface area contributed by atoms with Gasteiger partial charge in [-0.3, -0.25) is 0 Å². The molecule has 0 heterocycles. The summed E-state index contributed by atoms with van der Waals surface area (Å²) >= 11 is 2.16. The van der Waals surface area contributed by atoms with Gasteiger partial charge in [0, 0.05) is 0 Å². The molecule has 5 aromatic rings. The van der Waals surface area contributed by atoms with E-state index in [2.05, 4.69) is 138 Å². The average molecular weight is 614 g/mol. The largest absolute Gasteiger partial charge is 0.179 e. The second-order valence-electron chi connectivity index (χ2n) is 10.8. The summed E-state index contributed by atoms with van der Waals surface area (Å²) in [5.41, 5.74) is 10.5. The number of hydrogen-bond donors (Lipinski definition) is 1. The van der Waals surface area contributed by atoms with Crippen molar-refractivity contribution in [2.75, 3.05) is 0 Å². The number of halogens is 2. The molecule has 1 aliphatic rings. The molecule has 6 rings (SSSR count). The normalized spacial score (nSPS) is 10.7. The van der Waals surface area contributed by atoms with Gasteiger partial charge in [-0.25, -0.2) is 0 Å². The SMILES string of the molecule is Cc1cc(O)cc(C(C)(C)C)c1.[Cl-].[Cl-].[Ti+]=[C](c1ccccc1)c1ccccc1.[c-]1cccc2c1Cc1ccccc1-2. The topological polar surface area (TPSA) is 20.2 Å². The summed E-state index contributed by atoms with van der Waals surface area (Å²) in [7, 11) is 0. The summed E-state index contributed by atoms with van der Waals surface area (Å²) in [6, 6.07) is 44.8. The third kappa shape index (κ3) is 9.55. The van der Waals surface area contributed by atoms with E-state index in [0.29, 0.717) is 5.75 Å². The molecule has 0 saturated carbocycles. The van der Waals surface area contributed by atoms with Crippen molar-refractivity contribution in [3.8, 4) is 16.9 Å². The Morgan fingerprint density at radius 1 is 0.707 bits per heavy atom. The van der Waals surface area contributed by atoms with Crippen molar-refractivity contribution in [1.82, 2.24) is 0 Å². The van der Waals surface area contributed by atoms with E-state index in [4.69, 9.17) is 0 Å². The van der Waals surface area contributed by atoms with Crippen molar-refractivity contribution in [2.45, 2.75) is 39.5 Å². The van der Waals surface area contributed by atoms with E-state index < -0.39 is 0 Å². The maximum absolute atomic E-state index is 9.36. The first-order valence-electron chi connectivity index (χ1n) is 13.3. The van der Waals surface area contributed by atoms with E-state index in [9.17, 15) is 5.11 Å². The minimum absolute atomic E-state index is 0. The zero-order valence-electron chi connectivity index (χ0n) is 24.0. The number of aryl methyl sites for hydroxylation is 1. The van der Waals surface area contributed by atoms with Crippen LogP contribution in [0.4, 0.5) is 0 Å². The standard InChI is InChI=1S/C13H9.C13H10.C11H16O.2ClH.Ti/c1-3-7-12-10(5-1)9-11-6-2-4-8-13(11)12;1-3-7-12(8-4-1)11-13-9-5-2-6-10-13;1-8-5-9(11(2,3)4)7-10(12)6-8;;;/h1-5,7-8H,9H2;1-10H;5-7,12H,1-4H3;2*1H;/q-1;;;;;+1/p-2. The molecule has 0 fully saturated rings. The quantitative estimate of drug-likeness (QED) is 0.235. The number of phenolic OH excluding ortho intramolecular Hbond substituents is 1. The van der Waals surface area contributed by atoms with Gasteiger partial charge < -0.3 is 29.9 Å². The molecule has 1 nitrogen and oxygen atoms in total. The Bertz CT molecular complexity index is 1440. The Morgan fingerprint density at radius 3 is 1.80 bits per heavy atom. The van der Waals surface area contributed by atoms with Crippen LogP contribution in [0.25, 0.3) is 11.1 Å². The zero-order chi connectivity index (χ0) is 27.8. The molecule has 0 amide bonds. The van der Waals surface area contributed by atoms with Crippen LogP contribution in [0.2, 0.25) is 0 Å². The van der Waals surface area contributed by atoms with Crippen molar-refractivity contribution >= 4 is 3.81 Å². The molecule has 4 heteroatoms. The Balaban J connectivity index is 0.000000211. The van der Waals surface area contributed by atoms with Gasteiger partial charge in [0.05, 0.1) is 0 Å². The van der Waals surface area contributed by atoms with Crippen molar-refractivity contribution in [1.29, 1.82) is 0 Å². The summed E-state index contributed by atoms with van der Waals surface area (Å²) in [4.78, 5) is 0. The minimum atomic E-state index is 0. The minimum Gasteiger partial charge on any atom is -0.179 e. The van der Waals surface area contributed by atoms with Crippen molar-refractivity contribution in [2.24, 2.45) is 0 Å². The molecule has 0 atom stereocenters. The molecule has 0 saturated heterocycles. The summed E-state index contributed by atoms with van der Waals surface area (Å²) < 4.78 is 1.33. The van der Waals surface area contributed by atoms with Crippen LogP contribution in [-0.2, 0) is 31.8 Å². The van der Waals surface area contributed by atoms with E-state index in [1.54, 1.807) is 6.07 Å². The van der Waals surface area contributed by atoms with Crippen LogP contribution in [-0.4, -0.2) is 8.92 Å². The summed E-state index contributed by atoms with van der Waals surface area (Å²) in [6.07, 6.45) is 1.05. The number of hydrogen-bond acceptors (Lipinski definition) is 1. The number of rotatable bonds is 2. The van der Waals surface area contributed by atoms with Gasteiger partial charge in [-0.05, 0) is 42.0 Å². The molecule has 5 aromatic carbocycles. The summed E-state index contributed by atoms with van der Waals surface area (Å²) in [6.45, 7) is 8.42. The molecule has 41 heavy (non-hydrogen) atoms. The predicted octanol–water partition coefficient (Wildman–Crippen LogP) is 2.87. The molecule has 0 unspecified atom stereocenters. The van der Waals surface area contributed by atoms with E-state index in [-0.39, 0.29) is 30.2 Å². The van der Waals surface area contributed by atoms with Crippen molar-refractivity contribution < 1.29 is 49.9 Å². The van der Waals surface area contributed by atoms with Crippen molar-refractivity contribution in [3.05, 3.63) is 161 Å².